The van der Waals surface area contributed by atoms with Crippen molar-refractivity contribution in [1.29, 1.82) is 0 Å². The highest BCUT2D eigenvalue weighted by Gasteiger charge is 2.27. The van der Waals surface area contributed by atoms with E-state index in [0.717, 1.165) is 0 Å². The molecule has 0 spiro atoms. The van der Waals surface area contributed by atoms with Crippen LogP contribution in [-0.2, 0) is 4.79 Å². The van der Waals surface area contributed by atoms with Gasteiger partial charge in [-0.25, -0.2) is 5.43 Å². The second-order valence-corrected chi connectivity index (χ2v) is 6.83. The van der Waals surface area contributed by atoms with Crippen LogP contribution in [0, 0.1) is 0 Å². The standard InChI is InChI=1S/C17H14Br2N2O5/c1-24-12-6-9(14(18)15(19)16(12)22)7-20-21-17(23)13-8-25-10-4-2-3-5-11(10)26-13/h2-7,13,22H,8H2,1H3,(H,21,23)/b20-7-/t13-/m1/s1. The molecule has 0 aliphatic carbocycles. The first kappa shape index (κ1) is 18.5. The molecular weight excluding hydrogens is 472 g/mol. The number of para-hydroxylation sites is 2. The molecule has 0 saturated carbocycles. The van der Waals surface area contributed by atoms with E-state index >= 15 is 0 Å². The summed E-state index contributed by atoms with van der Waals surface area (Å²) in [5, 5.41) is 13.9. The molecule has 3 rings (SSSR count). The third-order valence-corrected chi connectivity index (χ3v) is 5.73. The average Bonchev–Trinajstić information content (AvgIpc) is 2.67. The van der Waals surface area contributed by atoms with Gasteiger partial charge in [0.15, 0.2) is 23.0 Å². The summed E-state index contributed by atoms with van der Waals surface area (Å²) in [6, 6.07) is 8.71. The molecule has 1 aliphatic rings. The van der Waals surface area contributed by atoms with Crippen molar-refractivity contribution >= 4 is 44.0 Å². The molecule has 0 unspecified atom stereocenters. The maximum absolute atomic E-state index is 12.2. The Morgan fingerprint density at radius 2 is 2.08 bits per heavy atom. The first-order chi connectivity index (χ1) is 12.5. The van der Waals surface area contributed by atoms with Crippen LogP contribution in [0.5, 0.6) is 23.0 Å². The number of hydrogen-bond acceptors (Lipinski definition) is 6. The molecule has 0 bridgehead atoms. The lowest BCUT2D eigenvalue weighted by atomic mass is 10.2. The van der Waals surface area contributed by atoms with E-state index in [1.54, 1.807) is 24.3 Å². The van der Waals surface area contributed by atoms with Crippen LogP contribution in [0.1, 0.15) is 5.56 Å². The number of rotatable bonds is 4. The van der Waals surface area contributed by atoms with E-state index in [1.165, 1.54) is 13.3 Å². The molecule has 1 heterocycles. The van der Waals surface area contributed by atoms with Crippen molar-refractivity contribution in [2.45, 2.75) is 6.10 Å². The summed E-state index contributed by atoms with van der Waals surface area (Å²) >= 11 is 6.60. The molecule has 0 saturated heterocycles. The van der Waals surface area contributed by atoms with E-state index in [0.29, 0.717) is 26.0 Å². The van der Waals surface area contributed by atoms with Crippen molar-refractivity contribution in [3.63, 3.8) is 0 Å². The minimum atomic E-state index is -0.799. The fraction of sp³-hybridized carbons (Fsp3) is 0.176. The molecule has 9 heteroatoms. The molecule has 2 N–H and O–H groups in total. The number of aromatic hydroxyl groups is 1. The number of hydrogen-bond donors (Lipinski definition) is 2. The molecular formula is C17H14Br2N2O5. The maximum atomic E-state index is 12.2. The third-order valence-electron chi connectivity index (χ3n) is 3.57. The van der Waals surface area contributed by atoms with Gasteiger partial charge >= 0.3 is 0 Å². The molecule has 0 fully saturated rings. The highest BCUT2D eigenvalue weighted by atomic mass is 79.9. The molecule has 0 aromatic heterocycles. The van der Waals surface area contributed by atoms with Gasteiger partial charge in [0.2, 0.25) is 6.10 Å². The molecule has 1 atom stereocenters. The Hall–Kier alpha value is -2.26. The van der Waals surface area contributed by atoms with Gasteiger partial charge in [-0.15, -0.1) is 0 Å². The van der Waals surface area contributed by atoms with E-state index in [1.807, 2.05) is 6.07 Å². The van der Waals surface area contributed by atoms with Crippen molar-refractivity contribution in [2.24, 2.45) is 5.10 Å². The van der Waals surface area contributed by atoms with Crippen molar-refractivity contribution in [1.82, 2.24) is 5.43 Å². The Morgan fingerprint density at radius 3 is 2.81 bits per heavy atom. The van der Waals surface area contributed by atoms with Gasteiger partial charge in [-0.1, -0.05) is 12.1 Å². The van der Waals surface area contributed by atoms with Gasteiger partial charge in [0.1, 0.15) is 6.61 Å². The first-order valence-electron chi connectivity index (χ1n) is 7.47. The van der Waals surface area contributed by atoms with Gasteiger partial charge in [0, 0.05) is 10.0 Å². The highest BCUT2D eigenvalue weighted by Crippen LogP contribution is 2.41. The quantitative estimate of drug-likeness (QED) is 0.512. The Labute approximate surface area is 166 Å². The Kier molecular flexibility index (Phi) is 5.67. The van der Waals surface area contributed by atoms with Crippen LogP contribution < -0.4 is 19.6 Å². The lowest BCUT2D eigenvalue weighted by Gasteiger charge is -2.24. The van der Waals surface area contributed by atoms with Crippen LogP contribution in [0.4, 0.5) is 0 Å². The average molecular weight is 486 g/mol. The van der Waals surface area contributed by atoms with Crippen molar-refractivity contribution in [3.05, 3.63) is 44.8 Å². The third kappa shape index (κ3) is 3.78. The van der Waals surface area contributed by atoms with E-state index in [9.17, 15) is 9.90 Å². The molecule has 1 aliphatic heterocycles. The summed E-state index contributed by atoms with van der Waals surface area (Å²) in [7, 11) is 1.44. The lowest BCUT2D eigenvalue weighted by Crippen LogP contribution is -2.42. The zero-order valence-corrected chi connectivity index (χ0v) is 16.7. The van der Waals surface area contributed by atoms with Crippen LogP contribution in [0.2, 0.25) is 0 Å². The largest absolute Gasteiger partial charge is 0.503 e. The number of ether oxygens (including phenoxy) is 3. The molecule has 26 heavy (non-hydrogen) atoms. The van der Waals surface area contributed by atoms with Gasteiger partial charge in [-0.05, 0) is 50.1 Å². The summed E-state index contributed by atoms with van der Waals surface area (Å²) in [5.74, 6) is 0.917. The van der Waals surface area contributed by atoms with Crippen LogP contribution >= 0.6 is 31.9 Å². The normalized spacial score (nSPS) is 15.7. The number of methoxy groups -OCH3 is 1. The number of carbonyl (C=O) groups is 1. The van der Waals surface area contributed by atoms with E-state index < -0.39 is 12.0 Å². The lowest BCUT2D eigenvalue weighted by molar-refractivity contribution is -0.130. The van der Waals surface area contributed by atoms with E-state index in [4.69, 9.17) is 14.2 Å². The SMILES string of the molecule is COc1cc(/C=N\NC(=O)[C@H]2COc3ccccc3O2)c(Br)c(Br)c1O. The number of amides is 1. The molecule has 0 radical (unpaired) electrons. The predicted octanol–water partition coefficient (Wildman–Crippen LogP) is 3.22. The molecule has 1 amide bonds. The van der Waals surface area contributed by atoms with Gasteiger partial charge in [-0.2, -0.15) is 5.10 Å². The molecule has 2 aromatic carbocycles. The number of carbonyl (C=O) groups excluding carboxylic acids is 1. The number of halogens is 2. The Bertz CT molecular complexity index is 872. The van der Waals surface area contributed by atoms with Crippen molar-refractivity contribution < 1.29 is 24.1 Å². The zero-order chi connectivity index (χ0) is 18.7. The summed E-state index contributed by atoms with van der Waals surface area (Å²) in [4.78, 5) is 12.2. The van der Waals surface area contributed by atoms with E-state index in [2.05, 4.69) is 42.4 Å². The fourth-order valence-corrected chi connectivity index (χ4v) is 3.08. The Morgan fingerprint density at radius 1 is 1.35 bits per heavy atom. The van der Waals surface area contributed by atoms with Gasteiger partial charge in [-0.3, -0.25) is 4.79 Å². The van der Waals surface area contributed by atoms with Crippen molar-refractivity contribution in [3.8, 4) is 23.0 Å². The number of phenolic OH excluding ortho intramolecular Hbond substituents is 1. The minimum absolute atomic E-state index is 0.0352. The van der Waals surface area contributed by atoms with Crippen LogP contribution in [0.15, 0.2) is 44.4 Å². The molecule has 7 nitrogen and oxygen atoms in total. The van der Waals surface area contributed by atoms with Crippen LogP contribution in [0.3, 0.4) is 0 Å². The van der Waals surface area contributed by atoms with Crippen LogP contribution in [0.25, 0.3) is 0 Å². The smallest absolute Gasteiger partial charge is 0.284 e. The fourth-order valence-electron chi connectivity index (χ4n) is 2.25. The number of nitrogens with one attached hydrogen (secondary N) is 1. The maximum Gasteiger partial charge on any atom is 0.284 e. The predicted molar refractivity (Wildman–Crippen MR) is 102 cm³/mol. The number of nitrogens with zero attached hydrogens (tertiary/aromatic N) is 1. The number of fused-ring (bicyclic) bond motifs is 1. The second kappa shape index (κ2) is 7.96. The Balaban J connectivity index is 1.68. The zero-order valence-electron chi connectivity index (χ0n) is 13.5. The number of benzene rings is 2. The number of hydrazone groups is 1. The van der Waals surface area contributed by atoms with Gasteiger partial charge in [0.25, 0.3) is 5.91 Å². The van der Waals surface area contributed by atoms with Gasteiger partial charge in [0.05, 0.1) is 17.8 Å². The summed E-state index contributed by atoms with van der Waals surface area (Å²) in [5.41, 5.74) is 3.01. The monoisotopic (exact) mass is 484 g/mol. The minimum Gasteiger partial charge on any atom is -0.503 e. The first-order valence-corrected chi connectivity index (χ1v) is 9.06. The summed E-state index contributed by atoms with van der Waals surface area (Å²) in [6.07, 6.45) is 0.623. The summed E-state index contributed by atoms with van der Waals surface area (Å²) < 4.78 is 17.2. The van der Waals surface area contributed by atoms with Gasteiger partial charge < -0.3 is 19.3 Å². The topological polar surface area (TPSA) is 89.4 Å². The highest BCUT2D eigenvalue weighted by molar-refractivity contribution is 9.13. The van der Waals surface area contributed by atoms with E-state index in [-0.39, 0.29) is 18.1 Å². The molecule has 2 aromatic rings. The summed E-state index contributed by atoms with van der Waals surface area (Å²) in [6.45, 7) is 0.0979. The molecule has 136 valence electrons. The number of phenols is 1. The second-order valence-electron chi connectivity index (χ2n) is 5.24. The van der Waals surface area contributed by atoms with Crippen molar-refractivity contribution in [2.75, 3.05) is 13.7 Å². The van der Waals surface area contributed by atoms with Crippen LogP contribution in [-0.4, -0.2) is 37.0 Å².